The zero-order valence-corrected chi connectivity index (χ0v) is 11.6. The van der Waals surface area contributed by atoms with Gasteiger partial charge in [-0.3, -0.25) is 0 Å². The largest absolute Gasteiger partial charge is 0.490 e. The number of fused-ring (bicyclic) bond motifs is 1. The highest BCUT2D eigenvalue weighted by Gasteiger charge is 2.13. The minimum Gasteiger partial charge on any atom is -0.490 e. The molecule has 0 bridgehead atoms. The Morgan fingerprint density at radius 3 is 2.65 bits per heavy atom. The number of aryl methyl sites for hydroxylation is 1. The van der Waals surface area contributed by atoms with Gasteiger partial charge in [0.05, 0.1) is 13.2 Å². The number of nitrogens with one attached hydrogen (secondary N) is 1. The number of nitrogens with zero attached hydrogens (tertiary/aromatic N) is 2. The summed E-state index contributed by atoms with van der Waals surface area (Å²) >= 11 is 0. The van der Waals surface area contributed by atoms with Crippen molar-refractivity contribution in [3.63, 3.8) is 0 Å². The van der Waals surface area contributed by atoms with Crippen LogP contribution in [0.3, 0.4) is 0 Å². The summed E-state index contributed by atoms with van der Waals surface area (Å²) < 4.78 is 11.3. The van der Waals surface area contributed by atoms with E-state index in [1.54, 1.807) is 0 Å². The summed E-state index contributed by atoms with van der Waals surface area (Å²) in [6.07, 6.45) is 0.898. The molecule has 5 nitrogen and oxygen atoms in total. The van der Waals surface area contributed by atoms with Crippen molar-refractivity contribution in [3.8, 4) is 22.9 Å². The van der Waals surface area contributed by atoms with Gasteiger partial charge in [0, 0.05) is 30.8 Å². The Morgan fingerprint density at radius 1 is 1.05 bits per heavy atom. The summed E-state index contributed by atoms with van der Waals surface area (Å²) in [5, 5.41) is 3.04. The lowest BCUT2D eigenvalue weighted by Gasteiger charge is -2.10. The number of benzene rings is 1. The molecule has 1 aromatic heterocycles. The van der Waals surface area contributed by atoms with Gasteiger partial charge in [0.15, 0.2) is 17.3 Å². The van der Waals surface area contributed by atoms with Crippen LogP contribution in [-0.4, -0.2) is 30.2 Å². The quantitative estimate of drug-likeness (QED) is 0.910. The van der Waals surface area contributed by atoms with Gasteiger partial charge < -0.3 is 14.8 Å². The predicted octanol–water partition coefficient (Wildman–Crippen LogP) is 2.66. The number of aromatic nitrogens is 2. The van der Waals surface area contributed by atoms with Crippen LogP contribution >= 0.6 is 0 Å². The van der Waals surface area contributed by atoms with Gasteiger partial charge in [-0.15, -0.1) is 0 Å². The van der Waals surface area contributed by atoms with Crippen molar-refractivity contribution in [2.75, 3.05) is 25.6 Å². The molecule has 2 heterocycles. The van der Waals surface area contributed by atoms with E-state index < -0.39 is 0 Å². The zero-order chi connectivity index (χ0) is 13.9. The van der Waals surface area contributed by atoms with Crippen molar-refractivity contribution < 1.29 is 9.47 Å². The molecule has 0 saturated heterocycles. The van der Waals surface area contributed by atoms with Gasteiger partial charge in [-0.2, -0.15) is 0 Å². The van der Waals surface area contributed by atoms with Gasteiger partial charge in [-0.1, -0.05) is 0 Å². The lowest BCUT2D eigenvalue weighted by molar-refractivity contribution is 0.297. The third-order valence-corrected chi connectivity index (χ3v) is 3.12. The van der Waals surface area contributed by atoms with Gasteiger partial charge in [0.1, 0.15) is 5.82 Å². The van der Waals surface area contributed by atoms with Crippen molar-refractivity contribution >= 4 is 5.82 Å². The Kier molecular flexibility index (Phi) is 3.41. The second-order valence-electron chi connectivity index (χ2n) is 4.68. The van der Waals surface area contributed by atoms with Crippen molar-refractivity contribution in [2.45, 2.75) is 13.3 Å². The first-order valence-electron chi connectivity index (χ1n) is 6.70. The number of anilines is 1. The minimum absolute atomic E-state index is 0.674. The van der Waals surface area contributed by atoms with Crippen molar-refractivity contribution in [2.24, 2.45) is 0 Å². The van der Waals surface area contributed by atoms with Gasteiger partial charge >= 0.3 is 0 Å². The third-order valence-electron chi connectivity index (χ3n) is 3.12. The van der Waals surface area contributed by atoms with Crippen LogP contribution in [0.2, 0.25) is 0 Å². The van der Waals surface area contributed by atoms with Crippen LogP contribution < -0.4 is 14.8 Å². The van der Waals surface area contributed by atoms with E-state index in [9.17, 15) is 0 Å². The predicted molar refractivity (Wildman–Crippen MR) is 77.4 cm³/mol. The number of hydrogen-bond donors (Lipinski definition) is 1. The Labute approximate surface area is 118 Å². The minimum atomic E-state index is 0.674. The Balaban J connectivity index is 2.02. The molecule has 0 aliphatic carbocycles. The molecule has 3 rings (SSSR count). The van der Waals surface area contributed by atoms with Crippen molar-refractivity contribution in [1.82, 2.24) is 9.97 Å². The molecule has 0 radical (unpaired) electrons. The standard InChI is InChI=1S/C15H17N3O2/c1-10-8-14(16-2)18-15(17-10)11-4-5-12-13(9-11)20-7-3-6-19-12/h4-5,8-9H,3,6-7H2,1-2H3,(H,16,17,18). The fourth-order valence-corrected chi connectivity index (χ4v) is 2.13. The van der Waals surface area contributed by atoms with Gasteiger partial charge in [0.25, 0.3) is 0 Å². The van der Waals surface area contributed by atoms with Crippen LogP contribution in [0.25, 0.3) is 11.4 Å². The summed E-state index contributed by atoms with van der Waals surface area (Å²) in [6.45, 7) is 3.32. The average molecular weight is 271 g/mol. The molecule has 1 aromatic carbocycles. The molecule has 0 unspecified atom stereocenters. The average Bonchev–Trinajstić information content (AvgIpc) is 2.70. The number of hydrogen-bond acceptors (Lipinski definition) is 5. The first-order valence-corrected chi connectivity index (χ1v) is 6.70. The van der Waals surface area contributed by atoms with Crippen LogP contribution in [0.15, 0.2) is 24.3 Å². The molecule has 2 aromatic rings. The highest BCUT2D eigenvalue weighted by Crippen LogP contribution is 2.33. The van der Waals surface area contributed by atoms with Crippen LogP contribution in [0.1, 0.15) is 12.1 Å². The second-order valence-corrected chi connectivity index (χ2v) is 4.68. The summed E-state index contributed by atoms with van der Waals surface area (Å²) in [7, 11) is 1.85. The van der Waals surface area contributed by atoms with E-state index in [0.29, 0.717) is 19.0 Å². The fraction of sp³-hybridized carbons (Fsp3) is 0.333. The van der Waals surface area contributed by atoms with Gasteiger partial charge in [0.2, 0.25) is 0 Å². The summed E-state index contributed by atoms with van der Waals surface area (Å²) in [5.41, 5.74) is 1.85. The number of ether oxygens (including phenoxy) is 2. The lowest BCUT2D eigenvalue weighted by atomic mass is 10.2. The lowest BCUT2D eigenvalue weighted by Crippen LogP contribution is -1.99. The molecule has 1 N–H and O–H groups in total. The first kappa shape index (κ1) is 12.7. The molecule has 1 aliphatic heterocycles. The normalized spacial score (nSPS) is 13.7. The van der Waals surface area contributed by atoms with Gasteiger partial charge in [-0.05, 0) is 25.1 Å². The summed E-state index contributed by atoms with van der Waals surface area (Å²) in [5.74, 6) is 3.04. The summed E-state index contributed by atoms with van der Waals surface area (Å²) in [6, 6.07) is 7.73. The SMILES string of the molecule is CNc1cc(C)nc(-c2ccc3c(c2)OCCCO3)n1. The van der Waals surface area contributed by atoms with E-state index in [0.717, 1.165) is 35.0 Å². The maximum Gasteiger partial charge on any atom is 0.161 e. The van der Waals surface area contributed by atoms with E-state index in [2.05, 4.69) is 15.3 Å². The summed E-state index contributed by atoms with van der Waals surface area (Å²) in [4.78, 5) is 8.95. The Hall–Kier alpha value is -2.30. The van der Waals surface area contributed by atoms with E-state index in [4.69, 9.17) is 9.47 Å². The molecule has 0 amide bonds. The number of rotatable bonds is 2. The molecular weight excluding hydrogens is 254 g/mol. The Bertz CT molecular complexity index is 629. The molecular formula is C15H17N3O2. The molecule has 0 spiro atoms. The molecule has 20 heavy (non-hydrogen) atoms. The van der Waals surface area contributed by atoms with Crippen LogP contribution in [0.4, 0.5) is 5.82 Å². The molecule has 0 fully saturated rings. The molecule has 104 valence electrons. The van der Waals surface area contributed by atoms with Gasteiger partial charge in [-0.25, -0.2) is 9.97 Å². The molecule has 0 saturated carbocycles. The molecule has 5 heteroatoms. The van der Waals surface area contributed by atoms with E-state index >= 15 is 0 Å². The van der Waals surface area contributed by atoms with Crippen LogP contribution in [-0.2, 0) is 0 Å². The third kappa shape index (κ3) is 2.52. The van der Waals surface area contributed by atoms with Crippen LogP contribution in [0.5, 0.6) is 11.5 Å². The maximum absolute atomic E-state index is 5.70. The molecule has 0 atom stereocenters. The highest BCUT2D eigenvalue weighted by molar-refractivity contribution is 5.62. The maximum atomic E-state index is 5.70. The monoisotopic (exact) mass is 271 g/mol. The molecule has 1 aliphatic rings. The van der Waals surface area contributed by atoms with Crippen molar-refractivity contribution in [3.05, 3.63) is 30.0 Å². The van der Waals surface area contributed by atoms with E-state index in [1.807, 2.05) is 38.2 Å². The van der Waals surface area contributed by atoms with Crippen LogP contribution in [0, 0.1) is 6.92 Å². The van der Waals surface area contributed by atoms with Crippen molar-refractivity contribution in [1.29, 1.82) is 0 Å². The van der Waals surface area contributed by atoms with E-state index in [1.165, 1.54) is 0 Å². The van der Waals surface area contributed by atoms with E-state index in [-0.39, 0.29) is 0 Å². The first-order chi connectivity index (χ1) is 9.76. The Morgan fingerprint density at radius 2 is 1.85 bits per heavy atom. The second kappa shape index (κ2) is 5.36. The zero-order valence-electron chi connectivity index (χ0n) is 11.6. The smallest absolute Gasteiger partial charge is 0.161 e. The topological polar surface area (TPSA) is 56.3 Å². The fourth-order valence-electron chi connectivity index (χ4n) is 2.13. The highest BCUT2D eigenvalue weighted by atomic mass is 16.5.